The molecule has 0 aromatic rings. The summed E-state index contributed by atoms with van der Waals surface area (Å²) in [6.45, 7) is 18.8. The van der Waals surface area contributed by atoms with Crippen LogP contribution in [0, 0.1) is 11.3 Å². The van der Waals surface area contributed by atoms with E-state index in [0.717, 1.165) is 25.8 Å². The molecule has 0 aromatic carbocycles. The van der Waals surface area contributed by atoms with Crippen molar-refractivity contribution in [2.45, 2.75) is 106 Å². The van der Waals surface area contributed by atoms with E-state index in [1.807, 2.05) is 34.6 Å². The Kier molecular flexibility index (Phi) is 11.1. The van der Waals surface area contributed by atoms with Gasteiger partial charge in [0, 0.05) is 18.7 Å². The van der Waals surface area contributed by atoms with Gasteiger partial charge in [-0.15, -0.1) is 0 Å². The van der Waals surface area contributed by atoms with Crippen LogP contribution in [0.25, 0.3) is 0 Å². The van der Waals surface area contributed by atoms with Gasteiger partial charge in [0.15, 0.2) is 0 Å². The zero-order valence-corrected chi connectivity index (χ0v) is 22.5. The number of esters is 1. The fourth-order valence-electron chi connectivity index (χ4n) is 4.41. The number of piperidine rings is 1. The number of carbonyl (C=O) groups excluding carboxylic acids is 3. The first-order valence-electron chi connectivity index (χ1n) is 12.4. The second-order valence-electron chi connectivity index (χ2n) is 10.9. The minimum absolute atomic E-state index is 0.0782. The van der Waals surface area contributed by atoms with Crippen molar-refractivity contribution in [1.29, 1.82) is 0 Å². The number of likely N-dealkylation sites (N-methyl/N-ethyl adjacent to an activating group) is 1. The molecule has 1 aliphatic rings. The van der Waals surface area contributed by atoms with Crippen molar-refractivity contribution in [2.24, 2.45) is 11.3 Å². The monoisotopic (exact) mass is 465 g/mol. The molecular formula is C26H47N3O4. The Morgan fingerprint density at radius 1 is 1.15 bits per heavy atom. The molecule has 1 rings (SSSR count). The summed E-state index contributed by atoms with van der Waals surface area (Å²) in [5.41, 5.74) is 0.000989. The van der Waals surface area contributed by atoms with Crippen LogP contribution >= 0.6 is 0 Å². The second-order valence-corrected chi connectivity index (χ2v) is 10.9. The van der Waals surface area contributed by atoms with Gasteiger partial charge in [0.05, 0.1) is 18.7 Å². The van der Waals surface area contributed by atoms with Crippen LogP contribution in [0.15, 0.2) is 11.6 Å². The molecule has 2 amide bonds. The molecule has 7 nitrogen and oxygen atoms in total. The van der Waals surface area contributed by atoms with Crippen molar-refractivity contribution in [3.8, 4) is 0 Å². The highest BCUT2D eigenvalue weighted by Gasteiger charge is 2.39. The molecule has 0 unspecified atom stereocenters. The van der Waals surface area contributed by atoms with E-state index in [-0.39, 0.29) is 41.8 Å². The Morgan fingerprint density at radius 2 is 1.76 bits per heavy atom. The molecule has 1 N–H and O–H groups in total. The predicted molar refractivity (Wildman–Crippen MR) is 133 cm³/mol. The molecular weight excluding hydrogens is 418 g/mol. The predicted octanol–water partition coefficient (Wildman–Crippen LogP) is 3.77. The number of amides is 2. The fourth-order valence-corrected chi connectivity index (χ4v) is 4.41. The van der Waals surface area contributed by atoms with Gasteiger partial charge in [0.25, 0.3) is 0 Å². The fraction of sp³-hybridized carbons (Fsp3) is 0.808. The molecule has 0 radical (unpaired) electrons. The maximum absolute atomic E-state index is 13.7. The number of carbonyl (C=O) groups is 3. The SMILES string of the molecule is CCOC(=O)C(C)=C[C@H](C(C)C)N(C)C(=O)[C@@H](NC(=O)[C@@H]1CCCCN1C(C)C)C(C)(C)C. The molecule has 0 bridgehead atoms. The first-order chi connectivity index (χ1) is 15.2. The van der Waals surface area contributed by atoms with Gasteiger partial charge in [0.1, 0.15) is 6.04 Å². The quantitative estimate of drug-likeness (QED) is 0.414. The molecule has 7 heteroatoms. The summed E-state index contributed by atoms with van der Waals surface area (Å²) < 4.78 is 5.10. The number of nitrogens with one attached hydrogen (secondary N) is 1. The molecule has 190 valence electrons. The number of rotatable bonds is 9. The summed E-state index contributed by atoms with van der Waals surface area (Å²) >= 11 is 0. The first kappa shape index (κ1) is 29.1. The molecule has 1 heterocycles. The van der Waals surface area contributed by atoms with Crippen LogP contribution in [0.4, 0.5) is 0 Å². The number of ether oxygens (including phenoxy) is 1. The van der Waals surface area contributed by atoms with Gasteiger partial charge in [-0.3, -0.25) is 14.5 Å². The van der Waals surface area contributed by atoms with Crippen molar-refractivity contribution in [3.63, 3.8) is 0 Å². The third kappa shape index (κ3) is 8.13. The minimum Gasteiger partial charge on any atom is -0.463 e. The molecule has 3 atom stereocenters. The topological polar surface area (TPSA) is 79.0 Å². The van der Waals surface area contributed by atoms with Crippen LogP contribution in [0.5, 0.6) is 0 Å². The molecule has 1 fully saturated rings. The zero-order valence-electron chi connectivity index (χ0n) is 22.5. The summed E-state index contributed by atoms with van der Waals surface area (Å²) in [5, 5.41) is 3.10. The number of hydrogen-bond acceptors (Lipinski definition) is 5. The van der Waals surface area contributed by atoms with Gasteiger partial charge in [-0.05, 0) is 58.4 Å². The van der Waals surface area contributed by atoms with Gasteiger partial charge in [-0.25, -0.2) is 4.79 Å². The molecule has 0 aliphatic carbocycles. The first-order valence-corrected chi connectivity index (χ1v) is 12.4. The second kappa shape index (κ2) is 12.5. The maximum atomic E-state index is 13.7. The lowest BCUT2D eigenvalue weighted by Gasteiger charge is -2.41. The molecule has 33 heavy (non-hydrogen) atoms. The van der Waals surface area contributed by atoms with Crippen molar-refractivity contribution in [1.82, 2.24) is 15.1 Å². The minimum atomic E-state index is -0.677. The summed E-state index contributed by atoms with van der Waals surface area (Å²) in [5.74, 6) is -0.538. The third-order valence-electron chi connectivity index (χ3n) is 6.41. The van der Waals surface area contributed by atoms with Gasteiger partial charge in [0.2, 0.25) is 11.8 Å². The molecule has 0 saturated carbocycles. The van der Waals surface area contributed by atoms with E-state index < -0.39 is 11.5 Å². The average molecular weight is 466 g/mol. The lowest BCUT2D eigenvalue weighted by molar-refractivity contribution is -0.142. The third-order valence-corrected chi connectivity index (χ3v) is 6.41. The van der Waals surface area contributed by atoms with Crippen LogP contribution in [-0.4, -0.2) is 72.0 Å². The van der Waals surface area contributed by atoms with Crippen LogP contribution in [0.3, 0.4) is 0 Å². The van der Waals surface area contributed by atoms with E-state index in [2.05, 4.69) is 24.1 Å². The van der Waals surface area contributed by atoms with Gasteiger partial charge in [-0.2, -0.15) is 0 Å². The summed E-state index contributed by atoms with van der Waals surface area (Å²) in [4.78, 5) is 43.1. The van der Waals surface area contributed by atoms with E-state index in [1.54, 1.807) is 31.9 Å². The molecule has 1 aliphatic heterocycles. The van der Waals surface area contributed by atoms with Crippen molar-refractivity contribution < 1.29 is 19.1 Å². The number of likely N-dealkylation sites (tertiary alicyclic amines) is 1. The van der Waals surface area contributed by atoms with E-state index in [1.165, 1.54) is 0 Å². The lowest BCUT2D eigenvalue weighted by atomic mass is 9.84. The van der Waals surface area contributed by atoms with Crippen LogP contribution < -0.4 is 5.32 Å². The summed E-state index contributed by atoms with van der Waals surface area (Å²) in [6.07, 6.45) is 4.71. The van der Waals surface area contributed by atoms with Crippen LogP contribution in [0.2, 0.25) is 0 Å². The highest BCUT2D eigenvalue weighted by Crippen LogP contribution is 2.26. The Morgan fingerprint density at radius 3 is 2.24 bits per heavy atom. The van der Waals surface area contributed by atoms with E-state index in [0.29, 0.717) is 12.2 Å². The molecule has 0 aromatic heterocycles. The van der Waals surface area contributed by atoms with Crippen molar-refractivity contribution in [2.75, 3.05) is 20.2 Å². The smallest absolute Gasteiger partial charge is 0.333 e. The van der Waals surface area contributed by atoms with E-state index in [4.69, 9.17) is 4.74 Å². The molecule has 1 saturated heterocycles. The summed E-state index contributed by atoms with van der Waals surface area (Å²) in [6, 6.07) is -0.920. The normalized spacial score (nSPS) is 19.9. The number of nitrogens with zero attached hydrogens (tertiary/aromatic N) is 2. The van der Waals surface area contributed by atoms with Crippen LogP contribution in [-0.2, 0) is 19.1 Å². The largest absolute Gasteiger partial charge is 0.463 e. The Hall–Kier alpha value is -1.89. The van der Waals surface area contributed by atoms with E-state index >= 15 is 0 Å². The van der Waals surface area contributed by atoms with Gasteiger partial charge >= 0.3 is 5.97 Å². The Bertz CT molecular complexity index is 709. The summed E-state index contributed by atoms with van der Waals surface area (Å²) in [7, 11) is 1.74. The maximum Gasteiger partial charge on any atom is 0.333 e. The average Bonchev–Trinajstić information content (AvgIpc) is 2.73. The highest BCUT2D eigenvalue weighted by molar-refractivity contribution is 5.91. The highest BCUT2D eigenvalue weighted by atomic mass is 16.5. The Labute approximate surface area is 201 Å². The Balaban J connectivity index is 3.15. The van der Waals surface area contributed by atoms with Gasteiger partial charge in [-0.1, -0.05) is 47.1 Å². The molecule has 0 spiro atoms. The number of hydrogen-bond donors (Lipinski definition) is 1. The zero-order chi connectivity index (χ0) is 25.5. The lowest BCUT2D eigenvalue weighted by Crippen LogP contribution is -2.60. The van der Waals surface area contributed by atoms with E-state index in [9.17, 15) is 14.4 Å². The standard InChI is InChI=1S/C26H47N3O4/c1-11-33-25(32)19(6)16-21(17(2)3)28(10)24(31)22(26(7,8)9)27-23(30)20-14-12-13-15-29(20)18(4)5/h16-18,20-22H,11-15H2,1-10H3,(H,27,30)/t20-,21+,22+/m0/s1. The van der Waals surface area contributed by atoms with Gasteiger partial charge < -0.3 is 15.0 Å². The van der Waals surface area contributed by atoms with Crippen LogP contribution in [0.1, 0.15) is 81.6 Å². The van der Waals surface area contributed by atoms with Crippen molar-refractivity contribution in [3.05, 3.63) is 11.6 Å². The van der Waals surface area contributed by atoms with Crippen molar-refractivity contribution >= 4 is 17.8 Å².